The molecule has 7 nitrogen and oxygen atoms in total. The number of aliphatic hydroxyl groups excluding tert-OH is 1. The average Bonchev–Trinajstić information content (AvgIpc) is 2.92. The van der Waals surface area contributed by atoms with Crippen molar-refractivity contribution < 1.29 is 19.4 Å². The van der Waals surface area contributed by atoms with Crippen LogP contribution in [-0.4, -0.2) is 53.0 Å². The van der Waals surface area contributed by atoms with Gasteiger partial charge in [-0.05, 0) is 80.2 Å². The maximum Gasteiger partial charge on any atom is 0.261 e. The second-order valence-electron chi connectivity index (χ2n) is 10.5. The zero-order valence-corrected chi connectivity index (χ0v) is 21.7. The molecule has 1 N–H and O–H groups in total. The molecule has 7 heteroatoms. The number of carbonyl (C=O) groups excluding carboxylic acids is 1. The molecule has 0 spiro atoms. The number of nitrogens with zero attached hydrogens (tertiary/aromatic N) is 2. The molecule has 2 fully saturated rings. The van der Waals surface area contributed by atoms with Crippen molar-refractivity contribution in [3.8, 4) is 0 Å². The first-order valence-electron chi connectivity index (χ1n) is 13.4. The quantitative estimate of drug-likeness (QED) is 0.482. The monoisotopic (exact) mass is 504 g/mol. The summed E-state index contributed by atoms with van der Waals surface area (Å²) in [6.07, 6.45) is 5.67. The SMILES string of the molecule is Cc1c(Cc2ccc(C(=O)CCC3CCOCC3)cc2)cc2c(=O)n([C@H]3CCOC[C@@H]3O)cnc2c1C. The van der Waals surface area contributed by atoms with E-state index < -0.39 is 6.10 Å². The van der Waals surface area contributed by atoms with Gasteiger partial charge in [0.2, 0.25) is 0 Å². The Labute approximate surface area is 217 Å². The maximum absolute atomic E-state index is 13.5. The molecular formula is C30H36N2O5. The number of ether oxygens (including phenoxy) is 2. The van der Waals surface area contributed by atoms with E-state index in [4.69, 9.17) is 9.47 Å². The number of aliphatic hydroxyl groups is 1. The van der Waals surface area contributed by atoms with E-state index >= 15 is 0 Å². The van der Waals surface area contributed by atoms with E-state index in [-0.39, 0.29) is 24.0 Å². The molecule has 3 aromatic rings. The molecule has 2 aliphatic heterocycles. The molecule has 1 aromatic heterocycles. The summed E-state index contributed by atoms with van der Waals surface area (Å²) in [5.74, 6) is 0.780. The fraction of sp³-hybridized carbons (Fsp3) is 0.500. The number of benzene rings is 2. The summed E-state index contributed by atoms with van der Waals surface area (Å²) >= 11 is 0. The summed E-state index contributed by atoms with van der Waals surface area (Å²) in [5.41, 5.74) is 5.58. The van der Waals surface area contributed by atoms with E-state index in [1.807, 2.05) is 37.3 Å². The van der Waals surface area contributed by atoms with Gasteiger partial charge in [0.1, 0.15) is 0 Å². The minimum atomic E-state index is -0.727. The van der Waals surface area contributed by atoms with Gasteiger partial charge in [0.25, 0.3) is 5.56 Å². The molecule has 5 rings (SSSR count). The standard InChI is InChI=1S/C30H36N2O5/c1-19-20(2)29-25(30(35)32(18-31-29)26-11-14-37-17-28(26)34)16-24(19)15-22-3-6-23(7-4-22)27(33)8-5-21-9-12-36-13-10-21/h3-4,6-7,16,18,21,26,28,34H,5,8-15,17H2,1-2H3/t26-,28-/m0/s1. The average molecular weight is 505 g/mol. The molecule has 0 bridgehead atoms. The lowest BCUT2D eigenvalue weighted by atomic mass is 9.91. The van der Waals surface area contributed by atoms with Crippen molar-refractivity contribution in [1.82, 2.24) is 9.55 Å². The van der Waals surface area contributed by atoms with E-state index in [0.29, 0.717) is 42.7 Å². The molecule has 0 aliphatic carbocycles. The number of rotatable bonds is 7. The van der Waals surface area contributed by atoms with Crippen LogP contribution in [0.3, 0.4) is 0 Å². The predicted molar refractivity (Wildman–Crippen MR) is 142 cm³/mol. The number of aromatic nitrogens is 2. The molecule has 2 aromatic carbocycles. The first kappa shape index (κ1) is 25.8. The number of hydrogen-bond donors (Lipinski definition) is 1. The molecule has 196 valence electrons. The first-order valence-corrected chi connectivity index (χ1v) is 13.4. The Morgan fingerprint density at radius 3 is 2.51 bits per heavy atom. The summed E-state index contributed by atoms with van der Waals surface area (Å²) < 4.78 is 12.3. The Hall–Kier alpha value is -2.87. The number of fused-ring (bicyclic) bond motifs is 1. The Morgan fingerprint density at radius 2 is 1.78 bits per heavy atom. The molecule has 2 atom stereocenters. The number of hydrogen-bond acceptors (Lipinski definition) is 6. The largest absolute Gasteiger partial charge is 0.389 e. The fourth-order valence-electron chi connectivity index (χ4n) is 5.61. The molecule has 0 radical (unpaired) electrons. The number of carbonyl (C=O) groups is 1. The van der Waals surface area contributed by atoms with E-state index in [1.165, 1.54) is 0 Å². The van der Waals surface area contributed by atoms with Crippen molar-refractivity contribution >= 4 is 16.7 Å². The third kappa shape index (κ3) is 5.54. The van der Waals surface area contributed by atoms with Crippen LogP contribution in [0.15, 0.2) is 41.5 Å². The lowest BCUT2D eigenvalue weighted by Crippen LogP contribution is -2.39. The van der Waals surface area contributed by atoms with Crippen molar-refractivity contribution in [1.29, 1.82) is 0 Å². The molecular weight excluding hydrogens is 468 g/mol. The van der Waals surface area contributed by atoms with Gasteiger partial charge in [0.05, 0.1) is 36.0 Å². The lowest BCUT2D eigenvalue weighted by molar-refractivity contribution is -0.0395. The lowest BCUT2D eigenvalue weighted by Gasteiger charge is -2.29. The first-order chi connectivity index (χ1) is 17.9. The summed E-state index contributed by atoms with van der Waals surface area (Å²) in [6.45, 7) is 6.42. The van der Waals surface area contributed by atoms with Crippen LogP contribution in [-0.2, 0) is 15.9 Å². The number of aryl methyl sites for hydroxylation is 1. The zero-order valence-electron chi connectivity index (χ0n) is 21.7. The van der Waals surface area contributed by atoms with Crippen molar-refractivity contribution in [3.05, 3.63) is 74.8 Å². The van der Waals surface area contributed by atoms with Gasteiger partial charge >= 0.3 is 0 Å². The van der Waals surface area contributed by atoms with Crippen LogP contribution < -0.4 is 5.56 Å². The molecule has 37 heavy (non-hydrogen) atoms. The highest BCUT2D eigenvalue weighted by molar-refractivity contribution is 5.96. The van der Waals surface area contributed by atoms with Crippen LogP contribution in [0.5, 0.6) is 0 Å². The van der Waals surface area contributed by atoms with Crippen LogP contribution >= 0.6 is 0 Å². The van der Waals surface area contributed by atoms with E-state index in [1.54, 1.807) is 10.9 Å². The minimum Gasteiger partial charge on any atom is -0.389 e. The van der Waals surface area contributed by atoms with Crippen molar-refractivity contribution in [2.75, 3.05) is 26.4 Å². The Bertz CT molecular complexity index is 1320. The van der Waals surface area contributed by atoms with E-state index in [2.05, 4.69) is 11.9 Å². The van der Waals surface area contributed by atoms with Gasteiger partial charge in [-0.3, -0.25) is 14.2 Å². The van der Waals surface area contributed by atoms with Gasteiger partial charge in [-0.2, -0.15) is 0 Å². The van der Waals surface area contributed by atoms with Crippen LogP contribution in [0, 0.1) is 19.8 Å². The van der Waals surface area contributed by atoms with Gasteiger partial charge in [0, 0.05) is 31.8 Å². The number of ketones is 1. The molecule has 0 unspecified atom stereocenters. The van der Waals surface area contributed by atoms with Crippen LogP contribution in [0.25, 0.3) is 10.9 Å². The molecule has 3 heterocycles. The van der Waals surface area contributed by atoms with Crippen molar-refractivity contribution in [2.24, 2.45) is 5.92 Å². The predicted octanol–water partition coefficient (Wildman–Crippen LogP) is 4.32. The van der Waals surface area contributed by atoms with Gasteiger partial charge in [0.15, 0.2) is 5.78 Å². The van der Waals surface area contributed by atoms with Crippen molar-refractivity contribution in [3.63, 3.8) is 0 Å². The Morgan fingerprint density at radius 1 is 1.05 bits per heavy atom. The smallest absolute Gasteiger partial charge is 0.261 e. The Balaban J connectivity index is 1.35. The van der Waals surface area contributed by atoms with Gasteiger partial charge < -0.3 is 14.6 Å². The highest BCUT2D eigenvalue weighted by Crippen LogP contribution is 2.26. The molecule has 2 saturated heterocycles. The van der Waals surface area contributed by atoms with Crippen LogP contribution in [0.1, 0.15) is 70.8 Å². The zero-order chi connectivity index (χ0) is 25.9. The molecule has 0 amide bonds. The number of Topliss-reactive ketones (excluding diaryl/α,β-unsaturated/α-hetero) is 1. The van der Waals surface area contributed by atoms with Gasteiger partial charge in [-0.25, -0.2) is 4.98 Å². The van der Waals surface area contributed by atoms with Gasteiger partial charge in [-0.15, -0.1) is 0 Å². The summed E-state index contributed by atoms with van der Waals surface area (Å²) in [6, 6.07) is 9.49. The second kappa shape index (κ2) is 11.3. The van der Waals surface area contributed by atoms with Crippen molar-refractivity contribution in [2.45, 2.75) is 64.5 Å². The minimum absolute atomic E-state index is 0.134. The van der Waals surface area contributed by atoms with E-state index in [9.17, 15) is 14.7 Å². The van der Waals surface area contributed by atoms with E-state index in [0.717, 1.165) is 60.3 Å². The summed E-state index contributed by atoms with van der Waals surface area (Å²) in [7, 11) is 0. The maximum atomic E-state index is 13.5. The van der Waals surface area contributed by atoms with Crippen LogP contribution in [0.2, 0.25) is 0 Å². The topological polar surface area (TPSA) is 90.7 Å². The normalized spacial score (nSPS) is 20.8. The highest BCUT2D eigenvalue weighted by Gasteiger charge is 2.27. The third-order valence-electron chi connectivity index (χ3n) is 8.19. The summed E-state index contributed by atoms with van der Waals surface area (Å²) in [4.78, 5) is 30.8. The highest BCUT2D eigenvalue weighted by atomic mass is 16.5. The Kier molecular flexibility index (Phi) is 7.84. The fourth-order valence-corrected chi connectivity index (χ4v) is 5.61. The molecule has 2 aliphatic rings. The third-order valence-corrected chi connectivity index (χ3v) is 8.19. The van der Waals surface area contributed by atoms with Crippen LogP contribution in [0.4, 0.5) is 0 Å². The second-order valence-corrected chi connectivity index (χ2v) is 10.5. The van der Waals surface area contributed by atoms with Gasteiger partial charge in [-0.1, -0.05) is 24.3 Å². The summed E-state index contributed by atoms with van der Waals surface area (Å²) in [5, 5.41) is 11.0. The molecule has 0 saturated carbocycles.